The molecular formula is C17H12N2O4S2. The Morgan fingerprint density at radius 1 is 0.840 bits per heavy atom. The smallest absolute Gasteiger partial charge is 0.327 e. The van der Waals surface area contributed by atoms with E-state index < -0.39 is 5.97 Å². The van der Waals surface area contributed by atoms with Crippen LogP contribution in [0.2, 0.25) is 0 Å². The minimum Gasteiger partial charge on any atom is -0.442 e. The quantitative estimate of drug-likeness (QED) is 0.517. The van der Waals surface area contributed by atoms with Crippen LogP contribution in [0.5, 0.6) is 0 Å². The van der Waals surface area contributed by atoms with E-state index >= 15 is 0 Å². The number of hydrogen-bond acceptors (Lipinski definition) is 6. The number of carbonyl (C=O) groups excluding carboxylic acids is 1. The molecule has 0 amide bonds. The molecule has 0 saturated heterocycles. The molecule has 2 heterocycles. The Balaban J connectivity index is 1.54. The summed E-state index contributed by atoms with van der Waals surface area (Å²) in [5, 5.41) is 0. The second-order valence-corrected chi connectivity index (χ2v) is 7.32. The van der Waals surface area contributed by atoms with Gasteiger partial charge in [0.05, 0.1) is 20.4 Å². The van der Waals surface area contributed by atoms with Gasteiger partial charge in [-0.2, -0.15) is 0 Å². The number of hydrogen-bond donors (Lipinski definition) is 0. The van der Waals surface area contributed by atoms with E-state index in [0.29, 0.717) is 5.52 Å². The lowest BCUT2D eigenvalue weighted by Crippen LogP contribution is -2.23. The van der Waals surface area contributed by atoms with Crippen molar-refractivity contribution < 1.29 is 9.53 Å². The Labute approximate surface area is 149 Å². The Bertz CT molecular complexity index is 1200. The van der Waals surface area contributed by atoms with Crippen molar-refractivity contribution in [2.45, 2.75) is 13.3 Å². The molecule has 126 valence electrons. The Morgan fingerprint density at radius 3 is 2.00 bits per heavy atom. The van der Waals surface area contributed by atoms with Crippen molar-refractivity contribution in [3.05, 3.63) is 67.9 Å². The van der Waals surface area contributed by atoms with Gasteiger partial charge < -0.3 is 4.74 Å². The third-order valence-corrected chi connectivity index (χ3v) is 5.71. The first-order valence-corrected chi connectivity index (χ1v) is 9.09. The summed E-state index contributed by atoms with van der Waals surface area (Å²) in [6.45, 7) is -0.349. The predicted molar refractivity (Wildman–Crippen MR) is 98.3 cm³/mol. The fraction of sp³-hybridized carbons (Fsp3) is 0.118. The monoisotopic (exact) mass is 372 g/mol. The van der Waals surface area contributed by atoms with E-state index in [1.165, 1.54) is 9.13 Å². The molecule has 6 nitrogen and oxygen atoms in total. The zero-order valence-corrected chi connectivity index (χ0v) is 14.5. The molecular weight excluding hydrogens is 360 g/mol. The van der Waals surface area contributed by atoms with Gasteiger partial charge in [-0.05, 0) is 24.3 Å². The number of carbonyl (C=O) groups is 1. The van der Waals surface area contributed by atoms with Crippen molar-refractivity contribution in [3.63, 3.8) is 0 Å². The molecule has 4 aromatic rings. The summed E-state index contributed by atoms with van der Waals surface area (Å²) in [5.74, 6) is -0.562. The largest absolute Gasteiger partial charge is 0.442 e. The Kier molecular flexibility index (Phi) is 3.98. The maximum Gasteiger partial charge on any atom is 0.327 e. The summed E-state index contributed by atoms with van der Waals surface area (Å²) in [4.78, 5) is 35.8. The predicted octanol–water partition coefficient (Wildman–Crippen LogP) is 2.64. The molecule has 0 radical (unpaired) electrons. The molecule has 2 aromatic heterocycles. The Hall–Kier alpha value is -2.71. The lowest BCUT2D eigenvalue weighted by Gasteiger charge is -2.07. The van der Waals surface area contributed by atoms with E-state index in [0.717, 1.165) is 37.6 Å². The lowest BCUT2D eigenvalue weighted by molar-refractivity contribution is -0.148. The fourth-order valence-corrected chi connectivity index (χ4v) is 4.38. The molecule has 0 bridgehead atoms. The number of fused-ring (bicyclic) bond motifs is 2. The highest BCUT2D eigenvalue weighted by atomic mass is 32.1. The molecule has 0 N–H and O–H groups in total. The van der Waals surface area contributed by atoms with E-state index in [4.69, 9.17) is 4.74 Å². The number of para-hydroxylation sites is 2. The maximum absolute atomic E-state index is 12.2. The summed E-state index contributed by atoms with van der Waals surface area (Å²) in [6.07, 6.45) is 0. The van der Waals surface area contributed by atoms with E-state index in [1.54, 1.807) is 12.1 Å². The minimum atomic E-state index is -0.562. The molecule has 4 rings (SSSR count). The van der Waals surface area contributed by atoms with Gasteiger partial charge >= 0.3 is 15.7 Å². The van der Waals surface area contributed by atoms with Gasteiger partial charge in [-0.1, -0.05) is 46.9 Å². The summed E-state index contributed by atoms with van der Waals surface area (Å²) in [7, 11) is 0. The van der Waals surface area contributed by atoms with E-state index in [-0.39, 0.29) is 23.0 Å². The highest BCUT2D eigenvalue weighted by molar-refractivity contribution is 7.16. The highest BCUT2D eigenvalue weighted by Crippen LogP contribution is 2.17. The molecule has 0 unspecified atom stereocenters. The van der Waals surface area contributed by atoms with Gasteiger partial charge in [-0.15, -0.1) is 0 Å². The standard InChI is InChI=1S/C17H12N2O4S2/c20-15(9-18-11-5-1-3-7-13(11)24-16(18)21)23-10-19-12-6-2-4-8-14(12)25-17(19)22/h1-8H,9-10H2. The number of nitrogens with zero attached hydrogens (tertiary/aromatic N) is 2. The first kappa shape index (κ1) is 15.8. The van der Waals surface area contributed by atoms with Crippen LogP contribution in [0.3, 0.4) is 0 Å². The zero-order valence-electron chi connectivity index (χ0n) is 12.9. The molecule has 0 fully saturated rings. The SMILES string of the molecule is O=C(Cn1c(=O)sc2ccccc21)OCn1c(=O)sc2ccccc21. The average Bonchev–Trinajstić information content (AvgIpc) is 3.09. The van der Waals surface area contributed by atoms with Gasteiger partial charge in [0.25, 0.3) is 0 Å². The van der Waals surface area contributed by atoms with Crippen LogP contribution < -0.4 is 9.75 Å². The zero-order chi connectivity index (χ0) is 17.4. The van der Waals surface area contributed by atoms with E-state index in [9.17, 15) is 14.4 Å². The van der Waals surface area contributed by atoms with Gasteiger partial charge in [0, 0.05) is 0 Å². The van der Waals surface area contributed by atoms with Gasteiger partial charge in [0.15, 0.2) is 6.73 Å². The average molecular weight is 372 g/mol. The van der Waals surface area contributed by atoms with E-state index in [1.807, 2.05) is 36.4 Å². The second-order valence-electron chi connectivity index (χ2n) is 5.33. The molecule has 8 heteroatoms. The van der Waals surface area contributed by atoms with Crippen LogP contribution in [0.1, 0.15) is 0 Å². The fourth-order valence-electron chi connectivity index (χ4n) is 2.61. The van der Waals surface area contributed by atoms with Gasteiger partial charge in [0.2, 0.25) is 0 Å². The summed E-state index contributed by atoms with van der Waals surface area (Å²) in [6, 6.07) is 14.6. The summed E-state index contributed by atoms with van der Waals surface area (Å²) >= 11 is 2.19. The van der Waals surface area contributed by atoms with E-state index in [2.05, 4.69) is 0 Å². The highest BCUT2D eigenvalue weighted by Gasteiger charge is 2.13. The summed E-state index contributed by atoms with van der Waals surface area (Å²) in [5.41, 5.74) is 1.43. The first-order valence-electron chi connectivity index (χ1n) is 7.46. The lowest BCUT2D eigenvalue weighted by atomic mass is 10.3. The number of rotatable bonds is 4. The van der Waals surface area contributed by atoms with Crippen molar-refractivity contribution in [1.29, 1.82) is 0 Å². The van der Waals surface area contributed by atoms with Gasteiger partial charge in [-0.3, -0.25) is 23.5 Å². The van der Waals surface area contributed by atoms with Crippen LogP contribution >= 0.6 is 22.7 Å². The molecule has 0 saturated carbocycles. The Morgan fingerprint density at radius 2 is 1.36 bits per heavy atom. The van der Waals surface area contributed by atoms with Gasteiger partial charge in [-0.25, -0.2) is 0 Å². The molecule has 0 aliphatic rings. The molecule has 0 aliphatic carbocycles. The number of esters is 1. The van der Waals surface area contributed by atoms with Crippen molar-refractivity contribution in [2.24, 2.45) is 0 Å². The third kappa shape index (κ3) is 2.90. The molecule has 2 aromatic carbocycles. The third-order valence-electron chi connectivity index (χ3n) is 3.79. The van der Waals surface area contributed by atoms with Crippen LogP contribution in [0.25, 0.3) is 20.4 Å². The molecule has 25 heavy (non-hydrogen) atoms. The van der Waals surface area contributed by atoms with Crippen LogP contribution in [0, 0.1) is 0 Å². The summed E-state index contributed by atoms with van der Waals surface area (Å²) < 4.78 is 9.68. The molecule has 0 aliphatic heterocycles. The van der Waals surface area contributed by atoms with Crippen LogP contribution in [-0.4, -0.2) is 15.1 Å². The number of ether oxygens (including phenoxy) is 1. The van der Waals surface area contributed by atoms with Crippen LogP contribution in [0.4, 0.5) is 0 Å². The van der Waals surface area contributed by atoms with Crippen molar-refractivity contribution in [1.82, 2.24) is 9.13 Å². The van der Waals surface area contributed by atoms with Crippen molar-refractivity contribution in [2.75, 3.05) is 0 Å². The second kappa shape index (κ2) is 6.30. The topological polar surface area (TPSA) is 70.3 Å². The van der Waals surface area contributed by atoms with Crippen molar-refractivity contribution in [3.8, 4) is 0 Å². The molecule has 0 atom stereocenters. The van der Waals surface area contributed by atoms with Crippen LogP contribution in [0.15, 0.2) is 58.1 Å². The normalized spacial score (nSPS) is 11.2. The first-order chi connectivity index (χ1) is 12.1. The number of benzene rings is 2. The maximum atomic E-state index is 12.2. The number of aromatic nitrogens is 2. The van der Waals surface area contributed by atoms with Gasteiger partial charge in [0.1, 0.15) is 6.54 Å². The van der Waals surface area contributed by atoms with Crippen LogP contribution in [-0.2, 0) is 22.8 Å². The minimum absolute atomic E-state index is 0.168. The van der Waals surface area contributed by atoms with Crippen molar-refractivity contribution >= 4 is 49.1 Å². The number of thiazole rings is 2. The molecule has 0 spiro atoms.